The standard InChI is InChI=1S/C13H11ClO5/c1-5-18-10-3-6(2-9(14)12(10)19-5)11(15)7-4-8(7)13(16)17/h2-3,5,7-8H,4H2,1H3,(H,16,17)/t5?,7?,8-/m0/s1. The van der Waals surface area contributed by atoms with Gasteiger partial charge in [0.2, 0.25) is 6.29 Å². The largest absolute Gasteiger partial charge is 0.481 e. The zero-order valence-electron chi connectivity index (χ0n) is 10.1. The molecule has 0 radical (unpaired) electrons. The lowest BCUT2D eigenvalue weighted by molar-refractivity contribution is -0.138. The molecule has 1 heterocycles. The van der Waals surface area contributed by atoms with Crippen molar-refractivity contribution in [2.24, 2.45) is 11.8 Å². The molecular weight excluding hydrogens is 272 g/mol. The maximum atomic E-state index is 12.1. The maximum Gasteiger partial charge on any atom is 0.307 e. The van der Waals surface area contributed by atoms with E-state index in [0.29, 0.717) is 28.5 Å². The number of benzene rings is 1. The molecule has 3 rings (SSSR count). The number of carboxylic acid groups (broad SMARTS) is 1. The number of rotatable bonds is 3. The predicted octanol–water partition coefficient (Wildman–Crippen LogP) is 2.36. The number of halogens is 1. The van der Waals surface area contributed by atoms with Gasteiger partial charge < -0.3 is 14.6 Å². The molecule has 0 saturated heterocycles. The van der Waals surface area contributed by atoms with E-state index in [-0.39, 0.29) is 5.78 Å². The van der Waals surface area contributed by atoms with Crippen molar-refractivity contribution in [1.29, 1.82) is 0 Å². The molecule has 2 unspecified atom stereocenters. The molecule has 1 aliphatic heterocycles. The zero-order chi connectivity index (χ0) is 13.7. The highest BCUT2D eigenvalue weighted by Crippen LogP contribution is 2.45. The molecule has 0 spiro atoms. The van der Waals surface area contributed by atoms with Crippen molar-refractivity contribution in [3.8, 4) is 11.5 Å². The smallest absolute Gasteiger partial charge is 0.307 e. The third-order valence-electron chi connectivity index (χ3n) is 3.32. The molecule has 19 heavy (non-hydrogen) atoms. The van der Waals surface area contributed by atoms with Crippen molar-refractivity contribution >= 4 is 23.4 Å². The Bertz CT molecular complexity index is 583. The molecule has 1 aromatic rings. The van der Waals surface area contributed by atoms with Crippen molar-refractivity contribution in [2.45, 2.75) is 19.6 Å². The SMILES string of the molecule is CC1Oc2cc(C(=O)C3C[C@@H]3C(=O)O)cc(Cl)c2O1. The Morgan fingerprint density at radius 1 is 1.32 bits per heavy atom. The Morgan fingerprint density at radius 2 is 2.05 bits per heavy atom. The first-order valence-corrected chi connectivity index (χ1v) is 6.29. The number of Topliss-reactive ketones (excluding diaryl/α,β-unsaturated/α-hetero) is 1. The van der Waals surface area contributed by atoms with Crippen LogP contribution in [-0.2, 0) is 4.79 Å². The number of carbonyl (C=O) groups excluding carboxylic acids is 1. The topological polar surface area (TPSA) is 72.8 Å². The van der Waals surface area contributed by atoms with E-state index in [1.54, 1.807) is 13.0 Å². The normalized spacial score (nSPS) is 27.2. The van der Waals surface area contributed by atoms with Gasteiger partial charge in [-0.15, -0.1) is 0 Å². The average molecular weight is 283 g/mol. The number of hydrogen-bond acceptors (Lipinski definition) is 4. The Balaban J connectivity index is 1.87. The lowest BCUT2D eigenvalue weighted by atomic mass is 10.1. The van der Waals surface area contributed by atoms with Crippen LogP contribution in [-0.4, -0.2) is 23.1 Å². The van der Waals surface area contributed by atoms with Crippen molar-refractivity contribution in [3.63, 3.8) is 0 Å². The molecule has 1 aromatic carbocycles. The van der Waals surface area contributed by atoms with Crippen LogP contribution in [0.5, 0.6) is 11.5 Å². The van der Waals surface area contributed by atoms with Crippen LogP contribution >= 0.6 is 11.6 Å². The van der Waals surface area contributed by atoms with Crippen LogP contribution in [0.25, 0.3) is 0 Å². The minimum Gasteiger partial charge on any atom is -0.481 e. The Hall–Kier alpha value is -1.75. The summed E-state index contributed by atoms with van der Waals surface area (Å²) < 4.78 is 10.7. The van der Waals surface area contributed by atoms with E-state index in [2.05, 4.69) is 0 Å². The maximum absolute atomic E-state index is 12.1. The lowest BCUT2D eigenvalue weighted by Crippen LogP contribution is -2.11. The molecule has 5 nitrogen and oxygen atoms in total. The van der Waals surface area contributed by atoms with Gasteiger partial charge in [-0.2, -0.15) is 0 Å². The summed E-state index contributed by atoms with van der Waals surface area (Å²) in [6.07, 6.45) is -0.0538. The van der Waals surface area contributed by atoms with Crippen LogP contribution < -0.4 is 9.47 Å². The zero-order valence-corrected chi connectivity index (χ0v) is 10.8. The fraction of sp³-hybridized carbons (Fsp3) is 0.385. The van der Waals surface area contributed by atoms with Crippen LogP contribution in [0.3, 0.4) is 0 Å². The molecule has 0 bridgehead atoms. The van der Waals surface area contributed by atoms with Gasteiger partial charge >= 0.3 is 5.97 Å². The summed E-state index contributed by atoms with van der Waals surface area (Å²) in [4.78, 5) is 22.9. The van der Waals surface area contributed by atoms with Crippen LogP contribution in [0.1, 0.15) is 23.7 Å². The van der Waals surface area contributed by atoms with Gasteiger partial charge in [0.1, 0.15) is 0 Å². The number of ketones is 1. The van der Waals surface area contributed by atoms with Crippen LogP contribution in [0.2, 0.25) is 5.02 Å². The number of ether oxygens (including phenoxy) is 2. The molecule has 1 fully saturated rings. The molecule has 0 amide bonds. The summed E-state index contributed by atoms with van der Waals surface area (Å²) in [5.41, 5.74) is 0.371. The second-order valence-corrected chi connectivity index (χ2v) is 5.15. The van der Waals surface area contributed by atoms with Gasteiger partial charge in [0.05, 0.1) is 10.9 Å². The molecule has 1 saturated carbocycles. The first-order chi connectivity index (χ1) is 8.97. The van der Waals surface area contributed by atoms with E-state index in [9.17, 15) is 9.59 Å². The average Bonchev–Trinajstić information content (AvgIpc) is 3.05. The minimum atomic E-state index is -0.932. The molecule has 0 aromatic heterocycles. The molecule has 1 N–H and O–H groups in total. The fourth-order valence-corrected chi connectivity index (χ4v) is 2.51. The Kier molecular flexibility index (Phi) is 2.67. The Labute approximate surface area is 114 Å². The summed E-state index contributed by atoms with van der Waals surface area (Å²) in [5.74, 6) is -1.31. The second-order valence-electron chi connectivity index (χ2n) is 4.74. The number of carbonyl (C=O) groups is 2. The third kappa shape index (κ3) is 2.04. The van der Waals surface area contributed by atoms with Gasteiger partial charge in [-0.3, -0.25) is 9.59 Å². The number of hydrogen-bond donors (Lipinski definition) is 1. The van der Waals surface area contributed by atoms with Crippen molar-refractivity contribution in [3.05, 3.63) is 22.7 Å². The lowest BCUT2D eigenvalue weighted by Gasteiger charge is -2.03. The summed E-state index contributed by atoms with van der Waals surface area (Å²) >= 11 is 6.03. The fourth-order valence-electron chi connectivity index (χ4n) is 2.25. The quantitative estimate of drug-likeness (QED) is 0.862. The highest BCUT2D eigenvalue weighted by atomic mass is 35.5. The summed E-state index contributed by atoms with van der Waals surface area (Å²) in [6.45, 7) is 1.72. The van der Waals surface area contributed by atoms with E-state index >= 15 is 0 Å². The van der Waals surface area contributed by atoms with Crippen LogP contribution in [0, 0.1) is 11.8 Å². The molecule has 1 aliphatic carbocycles. The van der Waals surface area contributed by atoms with Gasteiger partial charge in [0.15, 0.2) is 17.3 Å². The van der Waals surface area contributed by atoms with E-state index in [1.165, 1.54) is 6.07 Å². The van der Waals surface area contributed by atoms with Gasteiger partial charge in [0, 0.05) is 18.4 Å². The summed E-state index contributed by atoms with van der Waals surface area (Å²) in [5, 5.41) is 9.14. The number of aliphatic carboxylic acids is 1. The van der Waals surface area contributed by atoms with E-state index in [0.717, 1.165) is 0 Å². The van der Waals surface area contributed by atoms with Crippen LogP contribution in [0.4, 0.5) is 0 Å². The molecule has 100 valence electrons. The first-order valence-electron chi connectivity index (χ1n) is 5.91. The molecular formula is C13H11ClO5. The number of fused-ring (bicyclic) bond motifs is 1. The monoisotopic (exact) mass is 282 g/mol. The third-order valence-corrected chi connectivity index (χ3v) is 3.60. The van der Waals surface area contributed by atoms with E-state index in [1.807, 2.05) is 0 Å². The highest BCUT2D eigenvalue weighted by Gasteiger charge is 2.48. The molecule has 3 atom stereocenters. The number of carboxylic acids is 1. The second kappa shape index (κ2) is 4.13. The Morgan fingerprint density at radius 3 is 2.68 bits per heavy atom. The van der Waals surface area contributed by atoms with Gasteiger partial charge in [-0.05, 0) is 18.6 Å². The first kappa shape index (κ1) is 12.3. The molecule has 6 heteroatoms. The van der Waals surface area contributed by atoms with E-state index in [4.69, 9.17) is 26.2 Å². The van der Waals surface area contributed by atoms with Crippen molar-refractivity contribution in [2.75, 3.05) is 0 Å². The predicted molar refractivity (Wildman–Crippen MR) is 65.7 cm³/mol. The minimum absolute atomic E-state index is 0.208. The van der Waals surface area contributed by atoms with E-state index < -0.39 is 24.1 Å². The van der Waals surface area contributed by atoms with Gasteiger partial charge in [-0.1, -0.05) is 11.6 Å². The van der Waals surface area contributed by atoms with Gasteiger partial charge in [0.25, 0.3) is 0 Å². The van der Waals surface area contributed by atoms with Crippen molar-refractivity contribution < 1.29 is 24.2 Å². The summed E-state index contributed by atoms with van der Waals surface area (Å²) in [7, 11) is 0. The van der Waals surface area contributed by atoms with Crippen LogP contribution in [0.15, 0.2) is 12.1 Å². The molecule has 2 aliphatic rings. The van der Waals surface area contributed by atoms with Crippen molar-refractivity contribution in [1.82, 2.24) is 0 Å². The highest BCUT2D eigenvalue weighted by molar-refractivity contribution is 6.32. The summed E-state index contributed by atoms with van der Waals surface area (Å²) in [6, 6.07) is 3.06. The van der Waals surface area contributed by atoms with Gasteiger partial charge in [-0.25, -0.2) is 0 Å².